The van der Waals surface area contributed by atoms with Crippen molar-refractivity contribution in [1.82, 2.24) is 15.1 Å². The summed E-state index contributed by atoms with van der Waals surface area (Å²) in [5.74, 6) is -1.68. The number of carbonyl (C=O) groups is 3. The number of aromatic nitrogens is 2. The molecule has 0 spiro atoms. The first-order valence-electron chi connectivity index (χ1n) is 7.46. The normalized spacial score (nSPS) is 12.3. The molecule has 0 aliphatic carbocycles. The highest BCUT2D eigenvalue weighted by Crippen LogP contribution is 2.08. The molecule has 0 saturated heterocycles. The van der Waals surface area contributed by atoms with E-state index in [4.69, 9.17) is 4.74 Å². The van der Waals surface area contributed by atoms with Gasteiger partial charge in [0.15, 0.2) is 5.69 Å². The minimum Gasteiger partial charge on any atom is -0.480 e. The number of hydrogen-bond donors (Lipinski definition) is 2. The van der Waals surface area contributed by atoms with Crippen LogP contribution < -0.4 is 5.32 Å². The predicted molar refractivity (Wildman–Crippen MR) is 83.6 cm³/mol. The van der Waals surface area contributed by atoms with Crippen molar-refractivity contribution in [2.75, 3.05) is 7.11 Å². The van der Waals surface area contributed by atoms with Crippen LogP contribution in [0, 0.1) is 0 Å². The molecular formula is C15H23N3O6. The van der Waals surface area contributed by atoms with Gasteiger partial charge in [0.2, 0.25) is 0 Å². The van der Waals surface area contributed by atoms with E-state index in [-0.39, 0.29) is 12.1 Å². The fourth-order valence-electron chi connectivity index (χ4n) is 1.86. The number of aryl methyl sites for hydroxylation is 1. The Morgan fingerprint density at radius 2 is 2.04 bits per heavy atom. The lowest BCUT2D eigenvalue weighted by atomic mass is 10.1. The number of aliphatic carboxylic acids is 1. The third-order valence-corrected chi connectivity index (χ3v) is 2.90. The second-order valence-corrected chi connectivity index (χ2v) is 6.13. The highest BCUT2D eigenvalue weighted by Gasteiger charge is 2.23. The van der Waals surface area contributed by atoms with E-state index in [1.807, 2.05) is 0 Å². The average Bonchev–Trinajstić information content (AvgIpc) is 2.92. The maximum absolute atomic E-state index is 11.7. The molecule has 1 heterocycles. The number of esters is 1. The van der Waals surface area contributed by atoms with Gasteiger partial charge in [-0.15, -0.1) is 0 Å². The van der Waals surface area contributed by atoms with E-state index in [1.54, 1.807) is 27.0 Å². The molecule has 0 radical (unpaired) electrons. The van der Waals surface area contributed by atoms with Gasteiger partial charge in [0.05, 0.1) is 7.11 Å². The van der Waals surface area contributed by atoms with E-state index in [2.05, 4.69) is 15.2 Å². The molecular weight excluding hydrogens is 318 g/mol. The molecule has 1 aromatic rings. The molecule has 24 heavy (non-hydrogen) atoms. The Kier molecular flexibility index (Phi) is 6.75. The van der Waals surface area contributed by atoms with Crippen molar-refractivity contribution >= 4 is 18.0 Å². The Morgan fingerprint density at radius 3 is 2.58 bits per heavy atom. The molecule has 0 fully saturated rings. The van der Waals surface area contributed by atoms with Crippen LogP contribution in [0.25, 0.3) is 0 Å². The van der Waals surface area contributed by atoms with Crippen molar-refractivity contribution in [3.05, 3.63) is 18.0 Å². The smallest absolute Gasteiger partial charge is 0.408 e. The maximum Gasteiger partial charge on any atom is 0.408 e. The highest BCUT2D eigenvalue weighted by atomic mass is 16.6. The van der Waals surface area contributed by atoms with Crippen LogP contribution in [0.2, 0.25) is 0 Å². The standard InChI is InChI=1S/C15H23N3O6/c1-15(2,3)24-14(22)16-10(12(19)20)6-5-8-18-9-7-11(17-18)13(21)23-4/h7,9-10H,5-6,8H2,1-4H3,(H,16,22)(H,19,20)/t10-/m0/s1. The molecule has 2 N–H and O–H groups in total. The lowest BCUT2D eigenvalue weighted by molar-refractivity contribution is -0.139. The van der Waals surface area contributed by atoms with E-state index >= 15 is 0 Å². The molecule has 0 bridgehead atoms. The first-order chi connectivity index (χ1) is 11.1. The number of ether oxygens (including phenoxy) is 2. The van der Waals surface area contributed by atoms with E-state index in [0.717, 1.165) is 0 Å². The van der Waals surface area contributed by atoms with Crippen LogP contribution in [0.4, 0.5) is 4.79 Å². The van der Waals surface area contributed by atoms with E-state index in [1.165, 1.54) is 17.9 Å². The van der Waals surface area contributed by atoms with Crippen molar-refractivity contribution in [1.29, 1.82) is 0 Å². The zero-order chi connectivity index (χ0) is 18.3. The topological polar surface area (TPSA) is 120 Å². The molecule has 0 unspecified atom stereocenters. The summed E-state index contributed by atoms with van der Waals surface area (Å²) in [6.45, 7) is 5.48. The van der Waals surface area contributed by atoms with Gasteiger partial charge in [-0.1, -0.05) is 0 Å². The quantitative estimate of drug-likeness (QED) is 0.720. The second-order valence-electron chi connectivity index (χ2n) is 6.13. The van der Waals surface area contributed by atoms with Crippen LogP contribution >= 0.6 is 0 Å². The zero-order valence-corrected chi connectivity index (χ0v) is 14.2. The Bertz CT molecular complexity index is 590. The number of hydrogen-bond acceptors (Lipinski definition) is 6. The largest absolute Gasteiger partial charge is 0.480 e. The van der Waals surface area contributed by atoms with E-state index < -0.39 is 29.7 Å². The predicted octanol–water partition coefficient (Wildman–Crippen LogP) is 1.43. The number of carbonyl (C=O) groups excluding carboxylic acids is 2. The van der Waals surface area contributed by atoms with Gasteiger partial charge in [-0.2, -0.15) is 5.10 Å². The Morgan fingerprint density at radius 1 is 1.38 bits per heavy atom. The fourth-order valence-corrected chi connectivity index (χ4v) is 1.86. The number of rotatable bonds is 7. The molecule has 1 aromatic heterocycles. The number of carboxylic acids is 1. The third kappa shape index (κ3) is 6.67. The van der Waals surface area contributed by atoms with Crippen molar-refractivity contribution in [3.8, 4) is 0 Å². The summed E-state index contributed by atoms with van der Waals surface area (Å²) in [5, 5.41) is 15.5. The molecule has 0 aliphatic heterocycles. The van der Waals surface area contributed by atoms with Crippen LogP contribution in [-0.2, 0) is 20.8 Å². The summed E-state index contributed by atoms with van der Waals surface area (Å²) in [5.41, 5.74) is -0.522. The minimum atomic E-state index is -1.14. The molecule has 0 aliphatic rings. The number of methoxy groups -OCH3 is 1. The zero-order valence-electron chi connectivity index (χ0n) is 14.2. The second kappa shape index (κ2) is 8.32. The highest BCUT2D eigenvalue weighted by molar-refractivity contribution is 5.86. The fraction of sp³-hybridized carbons (Fsp3) is 0.600. The van der Waals surface area contributed by atoms with Gasteiger partial charge in [-0.25, -0.2) is 14.4 Å². The van der Waals surface area contributed by atoms with Crippen molar-refractivity contribution in [3.63, 3.8) is 0 Å². The van der Waals surface area contributed by atoms with Crippen molar-refractivity contribution in [2.24, 2.45) is 0 Å². The number of amides is 1. The lowest BCUT2D eigenvalue weighted by Gasteiger charge is -2.22. The molecule has 0 aromatic carbocycles. The van der Waals surface area contributed by atoms with Gasteiger partial charge >= 0.3 is 18.0 Å². The first kappa shape index (κ1) is 19.5. The summed E-state index contributed by atoms with van der Waals surface area (Å²) < 4.78 is 11.1. The summed E-state index contributed by atoms with van der Waals surface area (Å²) in [4.78, 5) is 34.2. The summed E-state index contributed by atoms with van der Waals surface area (Å²) >= 11 is 0. The van der Waals surface area contributed by atoms with Gasteiger partial charge < -0.3 is 19.9 Å². The monoisotopic (exact) mass is 341 g/mol. The molecule has 9 nitrogen and oxygen atoms in total. The number of nitrogens with zero attached hydrogens (tertiary/aromatic N) is 2. The van der Waals surface area contributed by atoms with Gasteiger partial charge in [0, 0.05) is 12.7 Å². The number of carboxylic acid groups (broad SMARTS) is 1. The van der Waals surface area contributed by atoms with Crippen LogP contribution in [0.1, 0.15) is 44.1 Å². The number of alkyl carbamates (subject to hydrolysis) is 1. The van der Waals surface area contributed by atoms with Gasteiger partial charge in [0.25, 0.3) is 0 Å². The van der Waals surface area contributed by atoms with Crippen molar-refractivity contribution in [2.45, 2.75) is 51.8 Å². The Hall–Kier alpha value is -2.58. The van der Waals surface area contributed by atoms with Crippen LogP contribution in [0.3, 0.4) is 0 Å². The Balaban J connectivity index is 2.49. The summed E-state index contributed by atoms with van der Waals surface area (Å²) in [6.07, 6.45) is 1.46. The summed E-state index contributed by atoms with van der Waals surface area (Å²) in [7, 11) is 1.27. The van der Waals surface area contributed by atoms with E-state index in [0.29, 0.717) is 13.0 Å². The minimum absolute atomic E-state index is 0.180. The molecule has 0 saturated carbocycles. The van der Waals surface area contributed by atoms with Crippen LogP contribution in [-0.4, -0.2) is 51.7 Å². The average molecular weight is 341 g/mol. The molecule has 1 atom stereocenters. The first-order valence-corrected chi connectivity index (χ1v) is 7.46. The molecule has 1 rings (SSSR count). The Labute approximate surface area is 139 Å². The maximum atomic E-state index is 11.7. The van der Waals surface area contributed by atoms with Crippen molar-refractivity contribution < 1.29 is 29.0 Å². The van der Waals surface area contributed by atoms with Crippen LogP contribution in [0.5, 0.6) is 0 Å². The third-order valence-electron chi connectivity index (χ3n) is 2.90. The van der Waals surface area contributed by atoms with Crippen LogP contribution in [0.15, 0.2) is 12.3 Å². The van der Waals surface area contributed by atoms with Gasteiger partial charge in [0.1, 0.15) is 11.6 Å². The van der Waals surface area contributed by atoms with Gasteiger partial charge in [-0.05, 0) is 39.7 Å². The molecule has 134 valence electrons. The SMILES string of the molecule is COC(=O)c1ccn(CCC[C@H](NC(=O)OC(C)(C)C)C(=O)O)n1. The van der Waals surface area contributed by atoms with E-state index in [9.17, 15) is 19.5 Å². The molecule has 9 heteroatoms. The summed E-state index contributed by atoms with van der Waals surface area (Å²) in [6, 6.07) is 0.454. The molecule has 1 amide bonds. The number of nitrogens with one attached hydrogen (secondary N) is 1. The lowest BCUT2D eigenvalue weighted by Crippen LogP contribution is -2.43. The van der Waals surface area contributed by atoms with Gasteiger partial charge in [-0.3, -0.25) is 4.68 Å².